The largest absolute Gasteiger partial charge is 0.490 e. The number of nitrogens with zero attached hydrogens (tertiary/aromatic N) is 3. The lowest BCUT2D eigenvalue weighted by molar-refractivity contribution is -0.200. The van der Waals surface area contributed by atoms with E-state index in [1.807, 2.05) is 13.0 Å². The van der Waals surface area contributed by atoms with Crippen LogP contribution in [0.15, 0.2) is 12.3 Å². The van der Waals surface area contributed by atoms with E-state index < -0.39 is 12.1 Å². The van der Waals surface area contributed by atoms with Crippen molar-refractivity contribution in [2.24, 2.45) is 0 Å². The fraction of sp³-hybridized carbons (Fsp3) is 0.737. The number of carbonyl (C=O) groups is 1. The Balaban J connectivity index is 0.000000318. The van der Waals surface area contributed by atoms with E-state index in [2.05, 4.69) is 14.9 Å². The molecule has 0 saturated carbocycles. The van der Waals surface area contributed by atoms with Crippen molar-refractivity contribution in [3.8, 4) is 6.01 Å². The lowest BCUT2D eigenvalue weighted by Gasteiger charge is -2.55. The average Bonchev–Trinajstić information content (AvgIpc) is 2.67. The molecule has 4 rings (SSSR count). The van der Waals surface area contributed by atoms with Crippen LogP contribution in [0.5, 0.6) is 6.01 Å². The molecule has 0 radical (unpaired) electrons. The van der Waals surface area contributed by atoms with Gasteiger partial charge in [-0.15, -0.1) is 0 Å². The van der Waals surface area contributed by atoms with Crippen LogP contribution >= 0.6 is 0 Å². The van der Waals surface area contributed by atoms with E-state index in [-0.39, 0.29) is 11.7 Å². The number of aliphatic carboxylic acids is 1. The van der Waals surface area contributed by atoms with Gasteiger partial charge in [-0.25, -0.2) is 14.8 Å². The van der Waals surface area contributed by atoms with Crippen molar-refractivity contribution in [3.63, 3.8) is 0 Å². The maximum Gasteiger partial charge on any atom is 0.490 e. The number of ether oxygens (including phenoxy) is 3. The highest BCUT2D eigenvalue weighted by Gasteiger charge is 2.50. The number of halogens is 3. The van der Waals surface area contributed by atoms with E-state index in [1.165, 1.54) is 0 Å². The van der Waals surface area contributed by atoms with Crippen molar-refractivity contribution in [3.05, 3.63) is 18.0 Å². The molecule has 0 aliphatic carbocycles. The number of hydrogen-bond acceptors (Lipinski definition) is 7. The van der Waals surface area contributed by atoms with Crippen LogP contribution in [0.3, 0.4) is 0 Å². The Morgan fingerprint density at radius 3 is 2.53 bits per heavy atom. The quantitative estimate of drug-likeness (QED) is 0.776. The maximum absolute atomic E-state index is 10.6. The fourth-order valence-corrected chi connectivity index (χ4v) is 3.94. The molecule has 0 bridgehead atoms. The van der Waals surface area contributed by atoms with Gasteiger partial charge in [0.25, 0.3) is 0 Å². The molecule has 3 saturated heterocycles. The molecular weight excluding hydrogens is 407 g/mol. The first-order valence-electron chi connectivity index (χ1n) is 9.89. The van der Waals surface area contributed by atoms with Gasteiger partial charge in [0.15, 0.2) is 0 Å². The third kappa shape index (κ3) is 6.02. The summed E-state index contributed by atoms with van der Waals surface area (Å²) in [7, 11) is 0. The van der Waals surface area contributed by atoms with Gasteiger partial charge in [-0.3, -0.25) is 4.90 Å². The van der Waals surface area contributed by atoms with Gasteiger partial charge in [-0.05, 0) is 25.8 Å². The zero-order chi connectivity index (χ0) is 21.8. The van der Waals surface area contributed by atoms with E-state index in [9.17, 15) is 13.2 Å². The van der Waals surface area contributed by atoms with Crippen LogP contribution in [0.1, 0.15) is 31.4 Å². The van der Waals surface area contributed by atoms with E-state index in [4.69, 9.17) is 24.1 Å². The molecule has 8 nitrogen and oxygen atoms in total. The third-order valence-electron chi connectivity index (χ3n) is 5.42. The number of alkyl halides is 3. The number of carboxylic acids is 1. The monoisotopic (exact) mass is 433 g/mol. The number of aromatic nitrogens is 2. The summed E-state index contributed by atoms with van der Waals surface area (Å²) in [5.74, 6) is -2.76. The second kappa shape index (κ2) is 9.44. The fourth-order valence-electron chi connectivity index (χ4n) is 3.94. The van der Waals surface area contributed by atoms with Crippen LogP contribution in [0.4, 0.5) is 13.2 Å². The minimum absolute atomic E-state index is 0.0228. The highest BCUT2D eigenvalue weighted by Crippen LogP contribution is 2.37. The van der Waals surface area contributed by atoms with Crippen LogP contribution in [0, 0.1) is 6.92 Å². The van der Waals surface area contributed by atoms with Gasteiger partial charge in [0.2, 0.25) is 0 Å². The first-order valence-corrected chi connectivity index (χ1v) is 9.89. The van der Waals surface area contributed by atoms with Gasteiger partial charge in [-0.1, -0.05) is 0 Å². The topological polar surface area (TPSA) is 94.0 Å². The van der Waals surface area contributed by atoms with E-state index in [1.54, 1.807) is 6.20 Å². The van der Waals surface area contributed by atoms with E-state index in [0.717, 1.165) is 64.3 Å². The molecule has 1 unspecified atom stereocenters. The summed E-state index contributed by atoms with van der Waals surface area (Å²) < 4.78 is 49.3. The number of hydrogen-bond donors (Lipinski definition) is 1. The van der Waals surface area contributed by atoms with Crippen molar-refractivity contribution in [1.82, 2.24) is 14.9 Å². The summed E-state index contributed by atoms with van der Waals surface area (Å²) in [6.07, 6.45) is 0.964. The molecule has 30 heavy (non-hydrogen) atoms. The van der Waals surface area contributed by atoms with E-state index in [0.29, 0.717) is 12.1 Å². The van der Waals surface area contributed by atoms with Crippen molar-refractivity contribution in [2.75, 3.05) is 32.9 Å². The molecule has 1 aromatic heterocycles. The van der Waals surface area contributed by atoms with Gasteiger partial charge in [-0.2, -0.15) is 13.2 Å². The van der Waals surface area contributed by atoms with Gasteiger partial charge in [0.05, 0.1) is 12.2 Å². The molecule has 0 amide bonds. The average molecular weight is 433 g/mol. The number of likely N-dealkylation sites (tertiary alicyclic amines) is 1. The zero-order valence-corrected chi connectivity index (χ0v) is 16.7. The summed E-state index contributed by atoms with van der Waals surface area (Å²) in [5, 5.41) is 7.12. The van der Waals surface area contributed by atoms with Crippen molar-refractivity contribution in [2.45, 2.75) is 56.5 Å². The molecule has 1 N–H and O–H groups in total. The first kappa shape index (κ1) is 22.7. The zero-order valence-electron chi connectivity index (χ0n) is 16.7. The molecule has 3 aliphatic rings. The molecule has 3 aliphatic heterocycles. The predicted octanol–water partition coefficient (Wildman–Crippen LogP) is 2.21. The van der Waals surface area contributed by atoms with Crippen LogP contribution in [-0.4, -0.2) is 82.8 Å². The van der Waals surface area contributed by atoms with Crippen LogP contribution < -0.4 is 4.74 Å². The number of carboxylic acid groups (broad SMARTS) is 1. The second-order valence-corrected chi connectivity index (χ2v) is 7.80. The minimum atomic E-state index is -5.08. The lowest BCUT2D eigenvalue weighted by Crippen LogP contribution is -2.68. The molecule has 3 fully saturated rings. The van der Waals surface area contributed by atoms with Gasteiger partial charge in [0.1, 0.15) is 6.10 Å². The Hall–Kier alpha value is -1.98. The van der Waals surface area contributed by atoms with Crippen molar-refractivity contribution < 1.29 is 37.3 Å². The molecule has 1 spiro atoms. The van der Waals surface area contributed by atoms with Crippen molar-refractivity contribution >= 4 is 5.97 Å². The molecule has 4 heterocycles. The molecule has 11 heteroatoms. The predicted molar refractivity (Wildman–Crippen MR) is 98.2 cm³/mol. The Morgan fingerprint density at radius 2 is 1.93 bits per heavy atom. The normalized spacial score (nSPS) is 24.5. The van der Waals surface area contributed by atoms with Crippen LogP contribution in [0.25, 0.3) is 0 Å². The summed E-state index contributed by atoms with van der Waals surface area (Å²) >= 11 is 0. The van der Waals surface area contributed by atoms with Gasteiger partial charge < -0.3 is 19.3 Å². The first-order chi connectivity index (χ1) is 14.2. The van der Waals surface area contributed by atoms with Gasteiger partial charge >= 0.3 is 18.2 Å². The number of rotatable bonds is 3. The summed E-state index contributed by atoms with van der Waals surface area (Å²) in [4.78, 5) is 20.0. The van der Waals surface area contributed by atoms with Crippen LogP contribution in [-0.2, 0) is 14.3 Å². The smallest absolute Gasteiger partial charge is 0.475 e. The molecular formula is C19H26F3N3O5. The molecule has 1 atom stereocenters. The van der Waals surface area contributed by atoms with Crippen molar-refractivity contribution in [1.29, 1.82) is 0 Å². The Bertz CT molecular complexity index is 722. The minimum Gasteiger partial charge on any atom is -0.475 e. The second-order valence-electron chi connectivity index (χ2n) is 7.80. The highest BCUT2D eigenvalue weighted by atomic mass is 19.4. The SMILES string of the molecule is Cc1ccnc(OC2CCOC3(C2)CN(C2CCOCC2)C3)n1.O=C(O)C(F)(F)F. The maximum atomic E-state index is 10.6. The van der Waals surface area contributed by atoms with Gasteiger partial charge in [0, 0.05) is 57.1 Å². The summed E-state index contributed by atoms with van der Waals surface area (Å²) in [5.41, 5.74) is 0.913. The Morgan fingerprint density at radius 1 is 1.27 bits per heavy atom. The Labute approximate surface area is 172 Å². The number of aryl methyl sites for hydroxylation is 1. The summed E-state index contributed by atoms with van der Waals surface area (Å²) in [6, 6.07) is 3.04. The van der Waals surface area contributed by atoms with E-state index >= 15 is 0 Å². The molecule has 0 aromatic carbocycles. The lowest BCUT2D eigenvalue weighted by atomic mass is 9.83. The Kier molecular flexibility index (Phi) is 7.14. The molecule has 168 valence electrons. The summed E-state index contributed by atoms with van der Waals surface area (Å²) in [6.45, 7) is 6.55. The third-order valence-corrected chi connectivity index (χ3v) is 5.42. The molecule has 1 aromatic rings. The highest BCUT2D eigenvalue weighted by molar-refractivity contribution is 5.73. The van der Waals surface area contributed by atoms with Crippen LogP contribution in [0.2, 0.25) is 0 Å². The standard InChI is InChI=1S/C17H25N3O3.C2HF3O2/c1-13-2-6-18-16(19-13)23-15-5-9-22-17(10-15)11-20(12-17)14-3-7-21-8-4-14;3-2(4,5)1(6)7/h2,6,14-15H,3-5,7-12H2,1H3;(H,6,7).